The Kier molecular flexibility index (Phi) is 3.90. The molecule has 0 aliphatic heterocycles. The van der Waals surface area contributed by atoms with E-state index in [1.54, 1.807) is 18.2 Å². The minimum Gasteiger partial charge on any atom is -0.399 e. The summed E-state index contributed by atoms with van der Waals surface area (Å²) >= 11 is 3.31. The molecule has 0 bridgehead atoms. The Morgan fingerprint density at radius 1 is 1.42 bits per heavy atom. The van der Waals surface area contributed by atoms with Gasteiger partial charge in [-0.25, -0.2) is 0 Å². The Morgan fingerprint density at radius 2 is 2.16 bits per heavy atom. The van der Waals surface area contributed by atoms with Crippen molar-refractivity contribution in [2.75, 3.05) is 5.73 Å². The summed E-state index contributed by atoms with van der Waals surface area (Å²) in [5.41, 5.74) is 8.44. The number of hydrogen-bond donors (Lipinski definition) is 2. The molecule has 0 aliphatic rings. The van der Waals surface area contributed by atoms with E-state index in [1.807, 2.05) is 13.8 Å². The molecular weight excluding hydrogens is 310 g/mol. The minimum absolute atomic E-state index is 0.187. The van der Waals surface area contributed by atoms with Crippen LogP contribution in [0, 0.1) is 13.8 Å². The summed E-state index contributed by atoms with van der Waals surface area (Å²) in [5, 5.41) is 6.66. The SMILES string of the molecule is Cc1noc(C)c1CNC(=O)c1cc(N)cc(Br)c1. The monoisotopic (exact) mass is 323 g/mol. The van der Waals surface area contributed by atoms with Gasteiger partial charge in [-0.3, -0.25) is 4.79 Å². The Hall–Kier alpha value is -1.82. The number of nitrogens with zero attached hydrogens (tertiary/aromatic N) is 1. The van der Waals surface area contributed by atoms with Gasteiger partial charge in [0, 0.05) is 27.8 Å². The van der Waals surface area contributed by atoms with E-state index in [9.17, 15) is 4.79 Å². The molecule has 0 spiro atoms. The fourth-order valence-corrected chi connectivity index (χ4v) is 2.28. The molecule has 0 saturated heterocycles. The standard InChI is InChI=1S/C13H14BrN3O2/c1-7-12(8(2)19-17-7)6-16-13(18)9-3-10(14)5-11(15)4-9/h3-5H,6,15H2,1-2H3,(H,16,18). The van der Waals surface area contributed by atoms with E-state index in [2.05, 4.69) is 26.4 Å². The van der Waals surface area contributed by atoms with Gasteiger partial charge in [-0.15, -0.1) is 0 Å². The van der Waals surface area contributed by atoms with Crippen LogP contribution in [0.5, 0.6) is 0 Å². The molecule has 0 atom stereocenters. The third-order valence-electron chi connectivity index (χ3n) is 2.79. The molecule has 6 heteroatoms. The molecule has 1 aromatic heterocycles. The number of nitrogen functional groups attached to an aromatic ring is 1. The second-order valence-electron chi connectivity index (χ2n) is 4.26. The lowest BCUT2D eigenvalue weighted by Gasteiger charge is -2.06. The Labute approximate surface area is 119 Å². The average molecular weight is 324 g/mol. The molecule has 1 heterocycles. The molecule has 2 aromatic rings. The van der Waals surface area contributed by atoms with Crippen LogP contribution in [-0.2, 0) is 6.54 Å². The lowest BCUT2D eigenvalue weighted by Crippen LogP contribution is -2.23. The summed E-state index contributed by atoms with van der Waals surface area (Å²) in [4.78, 5) is 12.0. The number of nitrogens with one attached hydrogen (secondary N) is 1. The van der Waals surface area contributed by atoms with Gasteiger partial charge in [-0.2, -0.15) is 0 Å². The van der Waals surface area contributed by atoms with Crippen LogP contribution < -0.4 is 11.1 Å². The topological polar surface area (TPSA) is 81.2 Å². The van der Waals surface area contributed by atoms with Crippen LogP contribution in [0.1, 0.15) is 27.4 Å². The first-order valence-corrected chi connectivity index (χ1v) is 6.52. The van der Waals surface area contributed by atoms with E-state index in [4.69, 9.17) is 10.3 Å². The highest BCUT2D eigenvalue weighted by Crippen LogP contribution is 2.17. The first kappa shape index (κ1) is 13.6. The number of aromatic nitrogens is 1. The number of aryl methyl sites for hydroxylation is 2. The van der Waals surface area contributed by atoms with E-state index < -0.39 is 0 Å². The number of carbonyl (C=O) groups excluding carboxylic acids is 1. The maximum absolute atomic E-state index is 12.0. The summed E-state index contributed by atoms with van der Waals surface area (Å²) in [5.74, 6) is 0.527. The zero-order chi connectivity index (χ0) is 14.0. The van der Waals surface area contributed by atoms with Gasteiger partial charge in [0.1, 0.15) is 5.76 Å². The van der Waals surface area contributed by atoms with Crippen LogP contribution in [0.4, 0.5) is 5.69 Å². The summed E-state index contributed by atoms with van der Waals surface area (Å²) in [6, 6.07) is 5.09. The van der Waals surface area contributed by atoms with Crippen LogP contribution in [0.2, 0.25) is 0 Å². The van der Waals surface area contributed by atoms with Gasteiger partial charge in [0.15, 0.2) is 0 Å². The van der Waals surface area contributed by atoms with Crippen molar-refractivity contribution in [3.05, 3.63) is 45.3 Å². The smallest absolute Gasteiger partial charge is 0.251 e. The number of rotatable bonds is 3. The fourth-order valence-electron chi connectivity index (χ4n) is 1.77. The summed E-state index contributed by atoms with van der Waals surface area (Å²) in [6.07, 6.45) is 0. The second kappa shape index (κ2) is 5.44. The van der Waals surface area contributed by atoms with Crippen LogP contribution in [0.3, 0.4) is 0 Å². The van der Waals surface area contributed by atoms with Gasteiger partial charge in [0.05, 0.1) is 5.69 Å². The first-order chi connectivity index (χ1) is 8.97. The number of halogens is 1. The fraction of sp³-hybridized carbons (Fsp3) is 0.231. The quantitative estimate of drug-likeness (QED) is 0.850. The van der Waals surface area contributed by atoms with E-state index in [1.165, 1.54) is 0 Å². The van der Waals surface area contributed by atoms with E-state index in [0.717, 1.165) is 15.7 Å². The summed E-state index contributed by atoms with van der Waals surface area (Å²) in [7, 11) is 0. The van der Waals surface area contributed by atoms with Crippen LogP contribution >= 0.6 is 15.9 Å². The number of benzene rings is 1. The normalized spacial score (nSPS) is 10.5. The molecular formula is C13H14BrN3O2. The molecule has 0 fully saturated rings. The first-order valence-electron chi connectivity index (χ1n) is 5.73. The minimum atomic E-state index is -0.187. The summed E-state index contributed by atoms with van der Waals surface area (Å²) < 4.78 is 5.82. The molecule has 1 aromatic carbocycles. The van der Waals surface area contributed by atoms with Gasteiger partial charge < -0.3 is 15.6 Å². The van der Waals surface area contributed by atoms with E-state index in [-0.39, 0.29) is 5.91 Å². The van der Waals surface area contributed by atoms with E-state index in [0.29, 0.717) is 23.6 Å². The third kappa shape index (κ3) is 3.14. The highest BCUT2D eigenvalue weighted by atomic mass is 79.9. The molecule has 0 unspecified atom stereocenters. The van der Waals surface area contributed by atoms with Crippen molar-refractivity contribution < 1.29 is 9.32 Å². The molecule has 5 nitrogen and oxygen atoms in total. The number of nitrogens with two attached hydrogens (primary N) is 1. The number of amides is 1. The van der Waals surface area contributed by atoms with Crippen molar-refractivity contribution in [2.24, 2.45) is 0 Å². The Bertz CT molecular complexity index is 583. The number of anilines is 1. The van der Waals surface area contributed by atoms with Crippen molar-refractivity contribution in [3.8, 4) is 0 Å². The Morgan fingerprint density at radius 3 is 2.74 bits per heavy atom. The molecule has 19 heavy (non-hydrogen) atoms. The third-order valence-corrected chi connectivity index (χ3v) is 3.25. The lowest BCUT2D eigenvalue weighted by atomic mass is 10.1. The molecule has 1 amide bonds. The van der Waals surface area contributed by atoms with Crippen molar-refractivity contribution in [2.45, 2.75) is 20.4 Å². The van der Waals surface area contributed by atoms with Crippen LogP contribution in [-0.4, -0.2) is 11.1 Å². The molecule has 3 N–H and O–H groups in total. The maximum Gasteiger partial charge on any atom is 0.251 e. The van der Waals surface area contributed by atoms with Crippen molar-refractivity contribution in [3.63, 3.8) is 0 Å². The molecule has 0 aliphatic carbocycles. The number of carbonyl (C=O) groups is 1. The maximum atomic E-state index is 12.0. The van der Waals surface area contributed by atoms with Crippen LogP contribution in [0.15, 0.2) is 27.2 Å². The van der Waals surface area contributed by atoms with Gasteiger partial charge in [-0.05, 0) is 32.0 Å². The molecule has 0 radical (unpaired) electrons. The largest absolute Gasteiger partial charge is 0.399 e. The van der Waals surface area contributed by atoms with Gasteiger partial charge in [-0.1, -0.05) is 21.1 Å². The Balaban J connectivity index is 2.09. The van der Waals surface area contributed by atoms with Gasteiger partial charge >= 0.3 is 0 Å². The molecule has 2 rings (SSSR count). The van der Waals surface area contributed by atoms with Crippen LogP contribution in [0.25, 0.3) is 0 Å². The average Bonchev–Trinajstić information content (AvgIpc) is 2.65. The molecule has 0 saturated carbocycles. The zero-order valence-corrected chi connectivity index (χ0v) is 12.2. The highest BCUT2D eigenvalue weighted by Gasteiger charge is 2.12. The van der Waals surface area contributed by atoms with Gasteiger partial charge in [0.25, 0.3) is 5.91 Å². The number of hydrogen-bond acceptors (Lipinski definition) is 4. The van der Waals surface area contributed by atoms with Crippen molar-refractivity contribution in [1.82, 2.24) is 10.5 Å². The second-order valence-corrected chi connectivity index (χ2v) is 5.17. The predicted molar refractivity (Wildman–Crippen MR) is 75.7 cm³/mol. The highest BCUT2D eigenvalue weighted by molar-refractivity contribution is 9.10. The lowest BCUT2D eigenvalue weighted by molar-refractivity contribution is 0.0951. The zero-order valence-electron chi connectivity index (χ0n) is 10.7. The van der Waals surface area contributed by atoms with Crippen molar-refractivity contribution >= 4 is 27.5 Å². The van der Waals surface area contributed by atoms with Gasteiger partial charge in [0.2, 0.25) is 0 Å². The summed E-state index contributed by atoms with van der Waals surface area (Å²) in [6.45, 7) is 4.04. The van der Waals surface area contributed by atoms with E-state index >= 15 is 0 Å². The molecule has 100 valence electrons. The van der Waals surface area contributed by atoms with Crippen molar-refractivity contribution in [1.29, 1.82) is 0 Å². The predicted octanol–water partition coefficient (Wildman–Crippen LogP) is 2.57.